The van der Waals surface area contributed by atoms with Crippen molar-refractivity contribution < 1.29 is 4.74 Å². The summed E-state index contributed by atoms with van der Waals surface area (Å²) in [6, 6.07) is 15.1. The third-order valence-corrected chi connectivity index (χ3v) is 6.63. The molecule has 0 radical (unpaired) electrons. The summed E-state index contributed by atoms with van der Waals surface area (Å²) in [6.45, 7) is 2.09. The molecule has 1 unspecified atom stereocenters. The summed E-state index contributed by atoms with van der Waals surface area (Å²) in [4.78, 5) is 0.263. The second-order valence-electron chi connectivity index (χ2n) is 5.73. The van der Waals surface area contributed by atoms with Crippen LogP contribution in [0, 0.1) is 6.92 Å². The van der Waals surface area contributed by atoms with Crippen LogP contribution in [-0.2, 0) is 5.41 Å². The van der Waals surface area contributed by atoms with Gasteiger partial charge in [0.25, 0.3) is 0 Å². The molecular weight excluding hydrogens is 392 g/mol. The fourth-order valence-corrected chi connectivity index (χ4v) is 4.38. The Bertz CT molecular complexity index is 648. The van der Waals surface area contributed by atoms with Crippen molar-refractivity contribution in [1.29, 1.82) is 0 Å². The smallest absolute Gasteiger partial charge is 0.123 e. The van der Waals surface area contributed by atoms with Crippen LogP contribution in [0.4, 0.5) is 0 Å². The maximum atomic E-state index is 5.61. The van der Waals surface area contributed by atoms with Gasteiger partial charge in [-0.15, -0.1) is 0 Å². The SMILES string of the molecule is COc1cc(C)c(Br)cc1C(Br)C1(c2ccccc2)CC1. The average Bonchev–Trinajstić information content (AvgIpc) is 3.31. The van der Waals surface area contributed by atoms with Gasteiger partial charge in [-0.05, 0) is 43.0 Å². The molecule has 0 heterocycles. The molecule has 0 aliphatic heterocycles. The first-order valence-corrected chi connectivity index (χ1v) is 8.83. The van der Waals surface area contributed by atoms with Crippen molar-refractivity contribution in [3.63, 3.8) is 0 Å². The van der Waals surface area contributed by atoms with E-state index in [1.54, 1.807) is 7.11 Å². The van der Waals surface area contributed by atoms with Crippen LogP contribution in [0.25, 0.3) is 0 Å². The molecule has 2 aromatic rings. The van der Waals surface area contributed by atoms with E-state index in [2.05, 4.69) is 81.2 Å². The minimum atomic E-state index is 0.198. The van der Waals surface area contributed by atoms with E-state index in [0.29, 0.717) is 0 Å². The molecule has 1 aliphatic rings. The fourth-order valence-electron chi connectivity index (χ4n) is 2.94. The zero-order valence-electron chi connectivity index (χ0n) is 12.2. The lowest BCUT2D eigenvalue weighted by atomic mass is 9.88. The van der Waals surface area contributed by atoms with Crippen LogP contribution in [0.3, 0.4) is 0 Å². The molecule has 1 nitrogen and oxygen atoms in total. The van der Waals surface area contributed by atoms with Crippen molar-refractivity contribution in [3.05, 3.63) is 63.6 Å². The molecule has 0 amide bonds. The van der Waals surface area contributed by atoms with Gasteiger partial charge in [-0.3, -0.25) is 0 Å². The Balaban J connectivity index is 2.03. The van der Waals surface area contributed by atoms with Crippen LogP contribution in [0.15, 0.2) is 46.9 Å². The maximum absolute atomic E-state index is 5.61. The summed E-state index contributed by atoms with van der Waals surface area (Å²) in [5, 5.41) is 0. The van der Waals surface area contributed by atoms with Crippen LogP contribution in [0.1, 0.15) is 34.4 Å². The van der Waals surface area contributed by atoms with Gasteiger partial charge in [-0.25, -0.2) is 0 Å². The number of halogens is 2. The third kappa shape index (κ3) is 2.66. The van der Waals surface area contributed by atoms with Crippen LogP contribution in [0.2, 0.25) is 0 Å². The Hall–Kier alpha value is -0.800. The molecule has 0 aromatic heterocycles. The summed E-state index contributed by atoms with van der Waals surface area (Å²) in [7, 11) is 1.74. The Kier molecular flexibility index (Phi) is 4.15. The second kappa shape index (κ2) is 5.77. The van der Waals surface area contributed by atoms with Crippen molar-refractivity contribution in [2.24, 2.45) is 0 Å². The molecule has 0 N–H and O–H groups in total. The summed E-state index contributed by atoms with van der Waals surface area (Å²) < 4.78 is 6.74. The van der Waals surface area contributed by atoms with Gasteiger partial charge in [0.1, 0.15) is 5.75 Å². The highest BCUT2D eigenvalue weighted by atomic mass is 79.9. The van der Waals surface area contributed by atoms with Crippen molar-refractivity contribution in [2.75, 3.05) is 7.11 Å². The van der Waals surface area contributed by atoms with Gasteiger partial charge in [0.15, 0.2) is 0 Å². The normalized spacial score (nSPS) is 17.3. The maximum Gasteiger partial charge on any atom is 0.123 e. The quantitative estimate of drug-likeness (QED) is 0.568. The lowest BCUT2D eigenvalue weighted by molar-refractivity contribution is 0.406. The van der Waals surface area contributed by atoms with Crippen LogP contribution >= 0.6 is 31.9 Å². The van der Waals surface area contributed by atoms with Gasteiger partial charge in [0.05, 0.1) is 11.9 Å². The Morgan fingerprint density at radius 3 is 2.38 bits per heavy atom. The van der Waals surface area contributed by atoms with Gasteiger partial charge < -0.3 is 4.74 Å². The standard InChI is InChI=1S/C18H18Br2O/c1-12-10-16(21-2)14(11-15(12)19)17(20)18(8-9-18)13-6-4-3-5-7-13/h3-7,10-11,17H,8-9H2,1-2H3. The summed E-state index contributed by atoms with van der Waals surface area (Å²) in [5.74, 6) is 0.958. The second-order valence-corrected chi connectivity index (χ2v) is 7.50. The molecule has 21 heavy (non-hydrogen) atoms. The molecule has 1 fully saturated rings. The number of benzene rings is 2. The van der Waals surface area contributed by atoms with Gasteiger partial charge in [-0.2, -0.15) is 0 Å². The molecule has 0 spiro atoms. The fraction of sp³-hybridized carbons (Fsp3) is 0.333. The number of aryl methyl sites for hydroxylation is 1. The van der Waals surface area contributed by atoms with Gasteiger partial charge >= 0.3 is 0 Å². The lowest BCUT2D eigenvalue weighted by Crippen LogP contribution is -2.14. The lowest BCUT2D eigenvalue weighted by Gasteiger charge is -2.25. The first kappa shape index (κ1) is 15.1. The zero-order chi connectivity index (χ0) is 15.0. The molecule has 1 atom stereocenters. The molecule has 1 saturated carbocycles. The molecule has 0 saturated heterocycles. The first-order valence-electron chi connectivity index (χ1n) is 7.12. The van der Waals surface area contributed by atoms with E-state index in [-0.39, 0.29) is 10.2 Å². The summed E-state index contributed by atoms with van der Waals surface area (Å²) >= 11 is 7.60. The average molecular weight is 410 g/mol. The van der Waals surface area contributed by atoms with E-state index >= 15 is 0 Å². The first-order chi connectivity index (χ1) is 10.1. The van der Waals surface area contributed by atoms with Gasteiger partial charge in [0, 0.05) is 15.5 Å². The number of ether oxygens (including phenoxy) is 1. The minimum Gasteiger partial charge on any atom is -0.496 e. The Morgan fingerprint density at radius 1 is 1.14 bits per heavy atom. The third-order valence-electron chi connectivity index (χ3n) is 4.41. The minimum absolute atomic E-state index is 0.198. The molecule has 0 bridgehead atoms. The molecule has 3 heteroatoms. The highest BCUT2D eigenvalue weighted by Crippen LogP contribution is 2.61. The highest BCUT2D eigenvalue weighted by molar-refractivity contribution is 9.10. The Morgan fingerprint density at radius 2 is 1.81 bits per heavy atom. The van der Waals surface area contributed by atoms with Gasteiger partial charge in [0.2, 0.25) is 0 Å². The Labute approximate surface area is 143 Å². The van der Waals surface area contributed by atoms with Crippen LogP contribution in [-0.4, -0.2) is 7.11 Å². The highest BCUT2D eigenvalue weighted by Gasteiger charge is 2.50. The summed E-state index contributed by atoms with van der Waals surface area (Å²) in [6.07, 6.45) is 2.42. The zero-order valence-corrected chi connectivity index (χ0v) is 15.4. The molecule has 3 rings (SSSR count). The van der Waals surface area contributed by atoms with E-state index in [9.17, 15) is 0 Å². The van der Waals surface area contributed by atoms with E-state index in [1.807, 2.05) is 0 Å². The van der Waals surface area contributed by atoms with Crippen molar-refractivity contribution in [3.8, 4) is 5.75 Å². The van der Waals surface area contributed by atoms with Crippen molar-refractivity contribution >= 4 is 31.9 Å². The molecule has 2 aromatic carbocycles. The number of alkyl halides is 1. The number of methoxy groups -OCH3 is 1. The topological polar surface area (TPSA) is 9.23 Å². The van der Waals surface area contributed by atoms with Gasteiger partial charge in [-0.1, -0.05) is 62.2 Å². The van der Waals surface area contributed by atoms with Crippen molar-refractivity contribution in [2.45, 2.75) is 30.0 Å². The molecule has 1 aliphatic carbocycles. The van der Waals surface area contributed by atoms with Crippen molar-refractivity contribution in [1.82, 2.24) is 0 Å². The number of hydrogen-bond donors (Lipinski definition) is 0. The van der Waals surface area contributed by atoms with Crippen LogP contribution < -0.4 is 4.74 Å². The van der Waals surface area contributed by atoms with E-state index in [4.69, 9.17) is 4.74 Å². The molecule has 110 valence electrons. The predicted molar refractivity (Wildman–Crippen MR) is 94.5 cm³/mol. The van der Waals surface area contributed by atoms with E-state index < -0.39 is 0 Å². The van der Waals surface area contributed by atoms with E-state index in [1.165, 1.54) is 29.5 Å². The summed E-state index contributed by atoms with van der Waals surface area (Å²) in [5.41, 5.74) is 4.02. The monoisotopic (exact) mass is 408 g/mol. The number of rotatable bonds is 4. The molecular formula is C18H18Br2O. The largest absolute Gasteiger partial charge is 0.496 e. The van der Waals surface area contributed by atoms with Crippen LogP contribution in [0.5, 0.6) is 5.75 Å². The van der Waals surface area contributed by atoms with E-state index in [0.717, 1.165) is 10.2 Å². The number of hydrogen-bond acceptors (Lipinski definition) is 1. The predicted octanol–water partition coefficient (Wildman–Crippen LogP) is 5.93.